The summed E-state index contributed by atoms with van der Waals surface area (Å²) in [7, 11) is -2.31. The first-order chi connectivity index (χ1) is 26.1. The number of aryl methyl sites for hydroxylation is 1. The summed E-state index contributed by atoms with van der Waals surface area (Å²) >= 11 is 1.51. The summed E-state index contributed by atoms with van der Waals surface area (Å²) in [6.45, 7) is 9.76. The average Bonchev–Trinajstić information content (AvgIpc) is 3.95. The van der Waals surface area contributed by atoms with E-state index in [4.69, 9.17) is 25.2 Å². The molecule has 3 aromatic rings. The number of amides is 2. The normalized spacial score (nSPS) is 28.9. The number of hydrogen-bond donors (Lipinski definition) is 2. The first kappa shape index (κ1) is 39.4. The summed E-state index contributed by atoms with van der Waals surface area (Å²) < 4.78 is 40.3. The Morgan fingerprint density at radius 1 is 1.13 bits per heavy atom. The van der Waals surface area contributed by atoms with Gasteiger partial charge in [-0.1, -0.05) is 45.8 Å². The van der Waals surface area contributed by atoms with Crippen molar-refractivity contribution in [3.8, 4) is 22.2 Å². The molecule has 2 aromatic heterocycles. The van der Waals surface area contributed by atoms with Crippen molar-refractivity contribution in [1.82, 2.24) is 19.6 Å². The second-order valence-electron chi connectivity index (χ2n) is 16.6. The van der Waals surface area contributed by atoms with E-state index in [9.17, 15) is 22.8 Å². The van der Waals surface area contributed by atoms with E-state index in [1.807, 2.05) is 49.6 Å². The van der Waals surface area contributed by atoms with Crippen LogP contribution in [-0.4, -0.2) is 77.5 Å². The van der Waals surface area contributed by atoms with E-state index in [0.717, 1.165) is 47.3 Å². The second kappa shape index (κ2) is 14.9. The summed E-state index contributed by atoms with van der Waals surface area (Å²) in [5, 5.41) is 3.53. The number of pyridine rings is 1. The Morgan fingerprint density at radius 3 is 2.58 bits per heavy atom. The van der Waals surface area contributed by atoms with Gasteiger partial charge in [-0.05, 0) is 76.3 Å². The minimum Gasteiger partial charge on any atom is -0.496 e. The number of Topliss-reactive ketones (excluding diaryl/α,β-unsaturated/α-hetero) is 1. The van der Waals surface area contributed by atoms with E-state index in [0.29, 0.717) is 48.4 Å². The Hall–Kier alpha value is -3.88. The fourth-order valence-electron chi connectivity index (χ4n) is 8.18. The van der Waals surface area contributed by atoms with E-state index >= 15 is 0 Å². The average molecular weight is 792 g/mol. The standard InChI is InChI=1S/C41H53N5O7S2/c1-23(2)30-22-54-37(44-30)29-18-33(27-14-15-32(52-6)24(3)35(27)43-29)53-34-21-46-36(25(34)4)31(47)20-41(39(49)45-55(50,51)40(5)16-17-40)19-26(41)12-10-8-7-9-11-13-28(42)38(46)48/h10,12,14-15,18,22-23,25-26,28,34,36H,7-9,11,13,16-17,19-21,42H2,1-6H3,(H,45,49)/b12-10-/t25-,26-,28+,34+,36+,41-/m1/s1. The third-order valence-electron chi connectivity index (χ3n) is 12.4. The number of fused-ring (bicyclic) bond motifs is 3. The number of allylic oxidation sites excluding steroid dienone is 2. The van der Waals surface area contributed by atoms with E-state index in [-0.39, 0.29) is 36.5 Å². The van der Waals surface area contributed by atoms with Crippen LogP contribution in [0.4, 0.5) is 0 Å². The van der Waals surface area contributed by atoms with E-state index in [1.54, 1.807) is 18.9 Å². The number of nitrogens with zero attached hydrogens (tertiary/aromatic N) is 3. The third-order valence-corrected chi connectivity index (χ3v) is 15.4. The Balaban J connectivity index is 1.24. The molecular formula is C41H53N5O7S2. The van der Waals surface area contributed by atoms with Crippen LogP contribution in [0.15, 0.2) is 35.7 Å². The number of nitrogens with two attached hydrogens (primary N) is 1. The summed E-state index contributed by atoms with van der Waals surface area (Å²) in [4.78, 5) is 54.2. The molecule has 14 heteroatoms. The molecule has 3 N–H and O–H groups in total. The quantitative estimate of drug-likeness (QED) is 0.250. The molecular weight excluding hydrogens is 739 g/mol. The Bertz CT molecular complexity index is 2140. The molecule has 4 heterocycles. The van der Waals surface area contributed by atoms with Gasteiger partial charge in [-0.3, -0.25) is 19.1 Å². The molecule has 2 amide bonds. The minimum absolute atomic E-state index is 0.113. The van der Waals surface area contributed by atoms with E-state index < -0.39 is 50.2 Å². The van der Waals surface area contributed by atoms with Gasteiger partial charge in [0.05, 0.1) is 47.1 Å². The highest BCUT2D eigenvalue weighted by atomic mass is 32.2. The molecule has 0 spiro atoms. The highest BCUT2D eigenvalue weighted by Gasteiger charge is 2.63. The van der Waals surface area contributed by atoms with Gasteiger partial charge in [0.25, 0.3) is 0 Å². The van der Waals surface area contributed by atoms with Crippen LogP contribution in [0.5, 0.6) is 11.5 Å². The SMILES string of the molecule is COc1ccc2c(O[C@H]3CN4C(=O)[C@@H](N)CCCCC/C=C\[C@@H]5C[C@@]5(C(=O)NS(=O)(=O)C5(C)CC5)CC(=O)[C@@H]4[C@@H]3C)cc(-c3nc(C(C)C)cs3)nc2c1C. The van der Waals surface area contributed by atoms with Crippen molar-refractivity contribution in [1.29, 1.82) is 0 Å². The van der Waals surface area contributed by atoms with Crippen LogP contribution in [0.25, 0.3) is 21.6 Å². The van der Waals surface area contributed by atoms with Crippen LogP contribution in [0.3, 0.4) is 0 Å². The van der Waals surface area contributed by atoms with Gasteiger partial charge in [0, 0.05) is 34.7 Å². The highest BCUT2D eigenvalue weighted by molar-refractivity contribution is 7.91. The first-order valence-corrected chi connectivity index (χ1v) is 21.9. The van der Waals surface area contributed by atoms with Gasteiger partial charge < -0.3 is 20.1 Å². The van der Waals surface area contributed by atoms with Crippen molar-refractivity contribution in [3.63, 3.8) is 0 Å². The third kappa shape index (κ3) is 7.41. The summed E-state index contributed by atoms with van der Waals surface area (Å²) in [5.41, 5.74) is 8.45. The van der Waals surface area contributed by atoms with Crippen LogP contribution in [0.1, 0.15) is 103 Å². The second-order valence-corrected chi connectivity index (χ2v) is 19.7. The lowest BCUT2D eigenvalue weighted by molar-refractivity contribution is -0.140. The fourth-order valence-corrected chi connectivity index (χ4v) is 10.5. The molecule has 0 unspecified atom stereocenters. The number of nitrogens with one attached hydrogen (secondary N) is 1. The predicted octanol–water partition coefficient (Wildman–Crippen LogP) is 6.20. The zero-order chi connectivity index (χ0) is 39.4. The number of hydrogen-bond acceptors (Lipinski definition) is 11. The van der Waals surface area contributed by atoms with Crippen LogP contribution in [0.2, 0.25) is 0 Å². The van der Waals surface area contributed by atoms with Gasteiger partial charge in [0.2, 0.25) is 21.8 Å². The maximum absolute atomic E-state index is 14.7. The molecule has 3 fully saturated rings. The lowest BCUT2D eigenvalue weighted by atomic mass is 9.87. The monoisotopic (exact) mass is 791 g/mol. The Kier molecular flexibility index (Phi) is 10.7. The number of ketones is 1. The number of aromatic nitrogens is 2. The zero-order valence-corrected chi connectivity index (χ0v) is 34.2. The summed E-state index contributed by atoms with van der Waals surface area (Å²) in [5.74, 6) is -0.594. The van der Waals surface area contributed by atoms with Gasteiger partial charge in [0.1, 0.15) is 28.3 Å². The molecule has 1 saturated heterocycles. The maximum atomic E-state index is 14.7. The van der Waals surface area contributed by atoms with Gasteiger partial charge >= 0.3 is 0 Å². The van der Waals surface area contributed by atoms with Crippen LogP contribution in [0, 0.1) is 24.2 Å². The van der Waals surface area contributed by atoms with Crippen molar-refractivity contribution in [2.45, 2.75) is 121 Å². The molecule has 12 nitrogen and oxygen atoms in total. The summed E-state index contributed by atoms with van der Waals surface area (Å²) in [6.07, 6.45) is 8.29. The van der Waals surface area contributed by atoms with Crippen molar-refractivity contribution in [2.24, 2.45) is 23.0 Å². The molecule has 0 radical (unpaired) electrons. The van der Waals surface area contributed by atoms with Crippen LogP contribution >= 0.6 is 11.3 Å². The molecule has 2 aliphatic heterocycles. The first-order valence-electron chi connectivity index (χ1n) is 19.5. The number of sulfonamides is 1. The number of carbonyl (C=O) groups excluding carboxylic acids is 3. The van der Waals surface area contributed by atoms with Gasteiger partial charge in [-0.2, -0.15) is 0 Å². The molecule has 296 valence electrons. The molecule has 55 heavy (non-hydrogen) atoms. The van der Waals surface area contributed by atoms with Crippen LogP contribution in [-0.2, 0) is 24.4 Å². The van der Waals surface area contributed by atoms with E-state index in [2.05, 4.69) is 18.6 Å². The minimum atomic E-state index is -3.92. The number of carbonyl (C=O) groups is 3. The number of rotatable bonds is 8. The highest BCUT2D eigenvalue weighted by Crippen LogP contribution is 2.58. The smallest absolute Gasteiger partial charge is 0.240 e. The number of benzene rings is 1. The van der Waals surface area contributed by atoms with Crippen molar-refractivity contribution in [2.75, 3.05) is 13.7 Å². The largest absolute Gasteiger partial charge is 0.496 e. The molecule has 4 aliphatic rings. The molecule has 0 bridgehead atoms. The lowest BCUT2D eigenvalue weighted by Crippen LogP contribution is -2.51. The zero-order valence-electron chi connectivity index (χ0n) is 32.6. The number of thiazole rings is 1. The van der Waals surface area contributed by atoms with Gasteiger partial charge in [-0.25, -0.2) is 18.4 Å². The van der Waals surface area contributed by atoms with Crippen molar-refractivity contribution < 1.29 is 32.3 Å². The topological polar surface area (TPSA) is 171 Å². The number of ether oxygens (including phenoxy) is 2. The number of methoxy groups -OCH3 is 1. The van der Waals surface area contributed by atoms with Gasteiger partial charge in [-0.15, -0.1) is 11.3 Å². The molecule has 2 saturated carbocycles. The predicted molar refractivity (Wildman–Crippen MR) is 212 cm³/mol. The van der Waals surface area contributed by atoms with Crippen molar-refractivity contribution in [3.05, 3.63) is 47.0 Å². The summed E-state index contributed by atoms with van der Waals surface area (Å²) in [6, 6.07) is 3.91. The maximum Gasteiger partial charge on any atom is 0.240 e. The molecule has 7 rings (SSSR count). The molecule has 1 aromatic carbocycles. The van der Waals surface area contributed by atoms with Gasteiger partial charge in [0.15, 0.2) is 5.78 Å². The fraction of sp³-hybridized carbons (Fsp3) is 0.585. The van der Waals surface area contributed by atoms with Crippen molar-refractivity contribution >= 4 is 49.9 Å². The van der Waals surface area contributed by atoms with E-state index in [1.165, 1.54) is 11.3 Å². The Labute approximate surface area is 327 Å². The Morgan fingerprint density at radius 2 is 1.89 bits per heavy atom. The molecule has 6 atom stereocenters. The van der Waals surface area contributed by atoms with Crippen LogP contribution < -0.4 is 19.9 Å². The lowest BCUT2D eigenvalue weighted by Gasteiger charge is -2.29. The molecule has 2 aliphatic carbocycles.